The number of carboxylic acid groups (broad SMARTS) is 1. The van der Waals surface area contributed by atoms with Gasteiger partial charge >= 0.3 is 5.97 Å². The summed E-state index contributed by atoms with van der Waals surface area (Å²) in [6.07, 6.45) is 3.92. The van der Waals surface area contributed by atoms with E-state index in [2.05, 4.69) is 0 Å². The number of hydrogen-bond acceptors (Lipinski definition) is 2. The summed E-state index contributed by atoms with van der Waals surface area (Å²) >= 11 is 0. The second kappa shape index (κ2) is 2.73. The maximum absolute atomic E-state index is 10.7. The second-order valence-electron chi connectivity index (χ2n) is 4.18. The molecule has 0 saturated heterocycles. The largest absolute Gasteiger partial charge is 0.481 e. The highest BCUT2D eigenvalue weighted by Crippen LogP contribution is 2.43. The molecular formula is C9H15NO2. The van der Waals surface area contributed by atoms with Gasteiger partial charge in [-0.2, -0.15) is 0 Å². The molecule has 2 aliphatic carbocycles. The number of fused-ring (bicyclic) bond motifs is 2. The summed E-state index contributed by atoms with van der Waals surface area (Å²) in [5, 5.41) is 8.85. The van der Waals surface area contributed by atoms with E-state index in [1.807, 2.05) is 0 Å². The Labute approximate surface area is 71.9 Å². The minimum absolute atomic E-state index is 0.109. The third-order valence-corrected chi connectivity index (χ3v) is 3.52. The van der Waals surface area contributed by atoms with Crippen LogP contribution < -0.4 is 5.73 Å². The van der Waals surface area contributed by atoms with Gasteiger partial charge in [-0.3, -0.25) is 4.79 Å². The summed E-state index contributed by atoms with van der Waals surface area (Å²) in [7, 11) is 0. The van der Waals surface area contributed by atoms with Crippen LogP contribution in [0, 0.1) is 17.8 Å². The molecule has 0 amide bonds. The number of nitrogens with two attached hydrogens (primary N) is 1. The molecule has 0 aromatic carbocycles. The van der Waals surface area contributed by atoms with E-state index in [1.165, 1.54) is 0 Å². The standard InChI is InChI=1S/C9H15NO2/c10-8-5-1-2-6(8)4-7(3-5)9(11)12/h5-8H,1-4,10H2,(H,11,12)/t5-,6-,7?,8?/m0/s1. The first kappa shape index (κ1) is 8.05. The van der Waals surface area contributed by atoms with Crippen LogP contribution in [-0.2, 0) is 4.79 Å². The molecule has 3 N–H and O–H groups in total. The molecule has 0 aliphatic heterocycles. The maximum Gasteiger partial charge on any atom is 0.306 e. The summed E-state index contributed by atoms with van der Waals surface area (Å²) in [4.78, 5) is 10.7. The molecule has 0 radical (unpaired) electrons. The van der Waals surface area contributed by atoms with E-state index in [4.69, 9.17) is 10.8 Å². The Hall–Kier alpha value is -0.570. The van der Waals surface area contributed by atoms with Crippen LogP contribution in [0.15, 0.2) is 0 Å². The highest BCUT2D eigenvalue weighted by molar-refractivity contribution is 5.70. The van der Waals surface area contributed by atoms with E-state index >= 15 is 0 Å². The molecule has 2 bridgehead atoms. The number of hydrogen-bond donors (Lipinski definition) is 2. The lowest BCUT2D eigenvalue weighted by molar-refractivity contribution is -0.143. The summed E-state index contributed by atoms with van der Waals surface area (Å²) in [5.74, 6) is 0.246. The van der Waals surface area contributed by atoms with Crippen LogP contribution in [-0.4, -0.2) is 17.1 Å². The fourth-order valence-electron chi connectivity index (χ4n) is 2.78. The topological polar surface area (TPSA) is 63.3 Å². The van der Waals surface area contributed by atoms with Crippen LogP contribution in [0.2, 0.25) is 0 Å². The zero-order valence-electron chi connectivity index (χ0n) is 7.07. The molecule has 0 aromatic rings. The molecular weight excluding hydrogens is 154 g/mol. The minimum Gasteiger partial charge on any atom is -0.481 e. The molecule has 0 aromatic heterocycles. The summed E-state index contributed by atoms with van der Waals surface area (Å²) in [5.41, 5.74) is 5.95. The van der Waals surface area contributed by atoms with Crippen molar-refractivity contribution in [2.75, 3.05) is 0 Å². The van der Waals surface area contributed by atoms with Gasteiger partial charge in [0.1, 0.15) is 0 Å². The van der Waals surface area contributed by atoms with Crippen LogP contribution in [0.25, 0.3) is 0 Å². The Kier molecular flexibility index (Phi) is 1.83. The number of aliphatic carboxylic acids is 1. The van der Waals surface area contributed by atoms with Crippen molar-refractivity contribution in [1.82, 2.24) is 0 Å². The molecule has 3 heteroatoms. The lowest BCUT2D eigenvalue weighted by atomic mass is 9.78. The number of rotatable bonds is 1. The maximum atomic E-state index is 10.7. The quantitative estimate of drug-likeness (QED) is 0.611. The highest BCUT2D eigenvalue weighted by Gasteiger charge is 2.42. The fourth-order valence-corrected chi connectivity index (χ4v) is 2.78. The first-order valence-corrected chi connectivity index (χ1v) is 4.67. The van der Waals surface area contributed by atoms with E-state index in [0.29, 0.717) is 17.9 Å². The molecule has 0 spiro atoms. The Morgan fingerprint density at radius 2 is 1.75 bits per heavy atom. The van der Waals surface area contributed by atoms with E-state index in [9.17, 15) is 4.79 Å². The van der Waals surface area contributed by atoms with Crippen LogP contribution in [0.5, 0.6) is 0 Å². The summed E-state index contributed by atoms with van der Waals surface area (Å²) in [6.45, 7) is 0. The molecule has 0 heterocycles. The zero-order chi connectivity index (χ0) is 8.72. The summed E-state index contributed by atoms with van der Waals surface area (Å²) < 4.78 is 0. The van der Waals surface area contributed by atoms with Crippen molar-refractivity contribution >= 4 is 5.97 Å². The first-order valence-electron chi connectivity index (χ1n) is 4.67. The van der Waals surface area contributed by atoms with E-state index in [0.717, 1.165) is 25.7 Å². The monoisotopic (exact) mass is 169 g/mol. The van der Waals surface area contributed by atoms with Gasteiger partial charge in [0.15, 0.2) is 0 Å². The van der Waals surface area contributed by atoms with Crippen molar-refractivity contribution in [2.24, 2.45) is 23.5 Å². The van der Waals surface area contributed by atoms with Crippen LogP contribution >= 0.6 is 0 Å². The molecule has 2 atom stereocenters. The average Bonchev–Trinajstić information content (AvgIpc) is 2.30. The van der Waals surface area contributed by atoms with Crippen molar-refractivity contribution < 1.29 is 9.90 Å². The van der Waals surface area contributed by atoms with Crippen molar-refractivity contribution in [3.8, 4) is 0 Å². The van der Waals surface area contributed by atoms with E-state index < -0.39 is 5.97 Å². The Balaban J connectivity index is 2.07. The van der Waals surface area contributed by atoms with Crippen molar-refractivity contribution in [1.29, 1.82) is 0 Å². The smallest absolute Gasteiger partial charge is 0.306 e. The minimum atomic E-state index is -0.626. The predicted octanol–water partition coefficient (Wildman–Crippen LogP) is 0.834. The Morgan fingerprint density at radius 1 is 1.25 bits per heavy atom. The normalized spacial score (nSPS) is 46.1. The molecule has 2 saturated carbocycles. The van der Waals surface area contributed by atoms with Crippen LogP contribution in [0.1, 0.15) is 25.7 Å². The molecule has 0 unspecified atom stereocenters. The lowest BCUT2D eigenvalue weighted by Crippen LogP contribution is -2.39. The third kappa shape index (κ3) is 1.12. The van der Waals surface area contributed by atoms with Gasteiger partial charge in [-0.25, -0.2) is 0 Å². The average molecular weight is 169 g/mol. The molecule has 2 aliphatic rings. The van der Waals surface area contributed by atoms with Gasteiger partial charge in [-0.15, -0.1) is 0 Å². The predicted molar refractivity (Wildman–Crippen MR) is 44.5 cm³/mol. The van der Waals surface area contributed by atoms with Gasteiger partial charge in [0.05, 0.1) is 5.92 Å². The molecule has 68 valence electrons. The van der Waals surface area contributed by atoms with E-state index in [1.54, 1.807) is 0 Å². The molecule has 3 nitrogen and oxygen atoms in total. The van der Waals surface area contributed by atoms with Gasteiger partial charge in [-0.05, 0) is 37.5 Å². The van der Waals surface area contributed by atoms with Crippen molar-refractivity contribution in [3.63, 3.8) is 0 Å². The number of carbonyl (C=O) groups is 1. The van der Waals surface area contributed by atoms with Gasteiger partial charge < -0.3 is 10.8 Å². The summed E-state index contributed by atoms with van der Waals surface area (Å²) in [6, 6.07) is 0.292. The fraction of sp³-hybridized carbons (Fsp3) is 0.889. The SMILES string of the molecule is NC1[C@H]2CC[C@H]1CC(C(=O)O)C2. The first-order chi connectivity index (χ1) is 5.68. The molecule has 2 fully saturated rings. The van der Waals surface area contributed by atoms with Gasteiger partial charge in [0, 0.05) is 6.04 Å². The van der Waals surface area contributed by atoms with Crippen molar-refractivity contribution in [3.05, 3.63) is 0 Å². The Bertz CT molecular complexity index is 191. The second-order valence-corrected chi connectivity index (χ2v) is 4.18. The van der Waals surface area contributed by atoms with Gasteiger partial charge in [-0.1, -0.05) is 0 Å². The zero-order valence-corrected chi connectivity index (χ0v) is 7.07. The van der Waals surface area contributed by atoms with E-state index in [-0.39, 0.29) is 5.92 Å². The number of carboxylic acids is 1. The van der Waals surface area contributed by atoms with Crippen LogP contribution in [0.4, 0.5) is 0 Å². The Morgan fingerprint density at radius 3 is 2.17 bits per heavy atom. The van der Waals surface area contributed by atoms with Gasteiger partial charge in [0.25, 0.3) is 0 Å². The molecule has 12 heavy (non-hydrogen) atoms. The van der Waals surface area contributed by atoms with Crippen LogP contribution in [0.3, 0.4) is 0 Å². The lowest BCUT2D eigenvalue weighted by Gasteiger charge is -2.30. The molecule has 2 rings (SSSR count). The highest BCUT2D eigenvalue weighted by atomic mass is 16.4. The third-order valence-electron chi connectivity index (χ3n) is 3.52. The van der Waals surface area contributed by atoms with Gasteiger partial charge in [0.2, 0.25) is 0 Å². The van der Waals surface area contributed by atoms with Crippen molar-refractivity contribution in [2.45, 2.75) is 31.7 Å².